The molecule has 362 valence electrons. The first-order chi connectivity index (χ1) is 36.7. The second-order valence-electron chi connectivity index (χ2n) is 20.0. The van der Waals surface area contributed by atoms with Gasteiger partial charge in [0, 0.05) is 16.5 Å². The van der Waals surface area contributed by atoms with Gasteiger partial charge in [-0.1, -0.05) is 253 Å². The van der Waals surface area contributed by atoms with Gasteiger partial charge in [-0.15, -0.1) is 0 Å². The molecule has 1 aromatic heterocycles. The molecule has 12 aromatic rings. The van der Waals surface area contributed by atoms with Gasteiger partial charge in [0.05, 0.1) is 11.0 Å². The number of aryl methyl sites for hydroxylation is 6. The number of para-hydroxylation sites is 2. The third-order valence-corrected chi connectivity index (χ3v) is 14.7. The monoisotopic (exact) mass is 963 g/mol. The molecular weight excluding hydrogens is 903 g/mol. The molecule has 0 amide bonds. The minimum Gasteiger partial charge on any atom is -0.309 e. The van der Waals surface area contributed by atoms with Crippen LogP contribution in [0.15, 0.2) is 261 Å². The summed E-state index contributed by atoms with van der Waals surface area (Å²) in [6.07, 6.45) is 0. The van der Waals surface area contributed by atoms with E-state index in [1.54, 1.807) is 0 Å². The number of nitrogens with zero attached hydrogens (tertiary/aromatic N) is 1. The molecule has 11 aromatic carbocycles. The second-order valence-corrected chi connectivity index (χ2v) is 20.0. The molecule has 2 aliphatic carbocycles. The van der Waals surface area contributed by atoms with Crippen molar-refractivity contribution in [3.05, 3.63) is 316 Å². The Labute approximate surface area is 443 Å². The van der Waals surface area contributed by atoms with E-state index in [9.17, 15) is 0 Å². The van der Waals surface area contributed by atoms with Crippen molar-refractivity contribution in [1.29, 1.82) is 0 Å². The lowest BCUT2D eigenvalue weighted by Gasteiger charge is -2.11. The summed E-state index contributed by atoms with van der Waals surface area (Å²) in [7, 11) is 0. The topological polar surface area (TPSA) is 4.93 Å². The van der Waals surface area contributed by atoms with Crippen molar-refractivity contribution in [1.82, 2.24) is 4.57 Å². The van der Waals surface area contributed by atoms with Gasteiger partial charge in [-0.05, 0) is 161 Å². The van der Waals surface area contributed by atoms with E-state index < -0.39 is 0 Å². The van der Waals surface area contributed by atoms with E-state index in [1.165, 1.54) is 139 Å². The zero-order chi connectivity index (χ0) is 51.4. The molecule has 0 spiro atoms. The van der Waals surface area contributed by atoms with Crippen LogP contribution < -0.4 is 0 Å². The summed E-state index contributed by atoms with van der Waals surface area (Å²) < 4.78 is 2.35. The maximum absolute atomic E-state index is 2.35. The van der Waals surface area contributed by atoms with Gasteiger partial charge in [-0.25, -0.2) is 0 Å². The van der Waals surface area contributed by atoms with Gasteiger partial charge in [0.25, 0.3) is 0 Å². The normalized spacial score (nSPS) is 11.5. The number of fused-ring (bicyclic) bond motifs is 9. The molecule has 1 heterocycles. The van der Waals surface area contributed by atoms with E-state index in [-0.39, 0.29) is 0 Å². The van der Waals surface area contributed by atoms with Crippen LogP contribution in [-0.2, 0) is 0 Å². The molecule has 0 saturated heterocycles. The van der Waals surface area contributed by atoms with Gasteiger partial charge in [0.1, 0.15) is 0 Å². The van der Waals surface area contributed by atoms with Crippen molar-refractivity contribution in [2.45, 2.75) is 41.5 Å². The fourth-order valence-corrected chi connectivity index (χ4v) is 10.9. The number of benzene rings is 11. The van der Waals surface area contributed by atoms with Crippen LogP contribution in [-0.4, -0.2) is 4.57 Å². The molecule has 0 aliphatic heterocycles. The highest BCUT2D eigenvalue weighted by Crippen LogP contribution is 2.54. The Hall–Kier alpha value is -9.04. The minimum absolute atomic E-state index is 1.20. The van der Waals surface area contributed by atoms with Crippen molar-refractivity contribution >= 4 is 33.0 Å². The van der Waals surface area contributed by atoms with Crippen LogP contribution in [0.25, 0.3) is 83.1 Å². The zero-order valence-corrected chi connectivity index (χ0v) is 43.8. The summed E-state index contributed by atoms with van der Waals surface area (Å²) in [6.45, 7) is 12.9. The molecule has 75 heavy (non-hydrogen) atoms. The predicted octanol–water partition coefficient (Wildman–Crippen LogP) is 20.0. The van der Waals surface area contributed by atoms with Gasteiger partial charge < -0.3 is 4.57 Å². The van der Waals surface area contributed by atoms with Gasteiger partial charge in [-0.2, -0.15) is 0 Å². The lowest BCUT2D eigenvalue weighted by Crippen LogP contribution is -1.92. The summed E-state index contributed by atoms with van der Waals surface area (Å²) in [5.74, 6) is 0. The van der Waals surface area contributed by atoms with Crippen molar-refractivity contribution in [2.24, 2.45) is 0 Å². The Balaban J connectivity index is 0.000000117. The van der Waals surface area contributed by atoms with Crippen molar-refractivity contribution in [3.8, 4) is 50.2 Å². The Morgan fingerprint density at radius 1 is 0.227 bits per heavy atom. The quantitative estimate of drug-likeness (QED) is 0.166. The standard InChI is InChI=1S/C27H18.C25H19N.C15H16.C7H8/c1-17-14-15-21-20-10-4-7-13-24(20)27(25(21)16-17)26-22-11-5-2-8-18(22)19-9-3-6-12-23(19)26;1-18-11-13-19(14-12-18)20-15-16-25-23(17-20)22-9-5-6-10-24(22)26(25)21-7-3-2-4-8-21;1-11-8-9-13(3)15(10-11)14-7-5-4-6-12(14)2;1-7-5-3-2-4-6-7/h2-16H,1H3;2-17H,1H3;4-10H,1-3H3;2-6H,1H3. The van der Waals surface area contributed by atoms with Gasteiger partial charge in [0.2, 0.25) is 0 Å². The fourth-order valence-electron chi connectivity index (χ4n) is 10.9. The third-order valence-electron chi connectivity index (χ3n) is 14.7. The fraction of sp³-hybridized carbons (Fsp3) is 0.0811. The molecule has 0 radical (unpaired) electrons. The van der Waals surface area contributed by atoms with Crippen molar-refractivity contribution < 1.29 is 0 Å². The Morgan fingerprint density at radius 2 is 0.640 bits per heavy atom. The summed E-state index contributed by atoms with van der Waals surface area (Å²) in [4.78, 5) is 0. The van der Waals surface area contributed by atoms with E-state index in [0.717, 1.165) is 0 Å². The Bertz CT molecular complexity index is 3990. The highest BCUT2D eigenvalue weighted by molar-refractivity contribution is 6.19. The number of rotatable bonds is 3. The summed E-state index contributed by atoms with van der Waals surface area (Å²) in [6, 6.07) is 93.5. The van der Waals surface area contributed by atoms with E-state index in [2.05, 4.69) is 289 Å². The van der Waals surface area contributed by atoms with Crippen LogP contribution in [0.3, 0.4) is 0 Å². The lowest BCUT2D eigenvalue weighted by atomic mass is 9.91. The first kappa shape index (κ1) is 48.2. The molecule has 0 N–H and O–H groups in total. The highest BCUT2D eigenvalue weighted by Gasteiger charge is 2.32. The zero-order valence-electron chi connectivity index (χ0n) is 43.8. The maximum Gasteiger partial charge on any atom is 0.0541 e. The molecule has 0 bridgehead atoms. The van der Waals surface area contributed by atoms with E-state index in [1.807, 2.05) is 18.2 Å². The van der Waals surface area contributed by atoms with Crippen LogP contribution in [0.5, 0.6) is 0 Å². The van der Waals surface area contributed by atoms with E-state index >= 15 is 0 Å². The van der Waals surface area contributed by atoms with Crippen LogP contribution in [0.1, 0.15) is 55.6 Å². The van der Waals surface area contributed by atoms with Crippen LogP contribution >= 0.6 is 0 Å². The van der Waals surface area contributed by atoms with E-state index in [0.29, 0.717) is 0 Å². The molecule has 14 rings (SSSR count). The average molecular weight is 964 g/mol. The minimum atomic E-state index is 1.20. The van der Waals surface area contributed by atoms with Crippen LogP contribution in [0.2, 0.25) is 0 Å². The summed E-state index contributed by atoms with van der Waals surface area (Å²) >= 11 is 0. The first-order valence-corrected chi connectivity index (χ1v) is 26.2. The summed E-state index contributed by atoms with van der Waals surface area (Å²) in [5.41, 5.74) is 30.3. The molecule has 0 unspecified atom stereocenters. The molecule has 0 fully saturated rings. The predicted molar refractivity (Wildman–Crippen MR) is 322 cm³/mol. The largest absolute Gasteiger partial charge is 0.309 e. The highest BCUT2D eigenvalue weighted by atomic mass is 15.0. The average Bonchev–Trinajstić information content (AvgIpc) is 4.09. The number of hydrogen-bond donors (Lipinski definition) is 0. The van der Waals surface area contributed by atoms with Crippen LogP contribution in [0.4, 0.5) is 0 Å². The first-order valence-electron chi connectivity index (χ1n) is 26.2. The SMILES string of the molecule is Cc1ccc(-c2ccc3c(c2)c2ccccc2n3-c2ccccc2)cc1.Cc1ccc(C)c(-c2ccccc2C)c1.Cc1ccc2c(c1)C(=C1c3ccccc3-c3ccccc31)c1ccccc1-2.Cc1ccccc1. The van der Waals surface area contributed by atoms with Gasteiger partial charge in [-0.3, -0.25) is 0 Å². The molecular formula is C74H61N. The molecule has 0 saturated carbocycles. The Morgan fingerprint density at radius 3 is 1.23 bits per heavy atom. The molecule has 1 nitrogen and oxygen atoms in total. The van der Waals surface area contributed by atoms with Crippen LogP contribution in [0, 0.1) is 41.5 Å². The number of hydrogen-bond acceptors (Lipinski definition) is 0. The van der Waals surface area contributed by atoms with Gasteiger partial charge >= 0.3 is 0 Å². The number of aromatic nitrogens is 1. The maximum atomic E-state index is 2.35. The Kier molecular flexibility index (Phi) is 13.6. The third kappa shape index (κ3) is 9.70. The molecule has 1 heteroatoms. The smallest absolute Gasteiger partial charge is 0.0541 e. The summed E-state index contributed by atoms with van der Waals surface area (Å²) in [5, 5.41) is 2.59. The van der Waals surface area contributed by atoms with Crippen molar-refractivity contribution in [2.75, 3.05) is 0 Å². The van der Waals surface area contributed by atoms with Crippen molar-refractivity contribution in [3.63, 3.8) is 0 Å². The molecule has 2 aliphatic rings. The van der Waals surface area contributed by atoms with Gasteiger partial charge in [0.15, 0.2) is 0 Å². The lowest BCUT2D eigenvalue weighted by molar-refractivity contribution is 1.18. The van der Waals surface area contributed by atoms with E-state index in [4.69, 9.17) is 0 Å². The molecule has 0 atom stereocenters. The second kappa shape index (κ2) is 21.2.